The third-order valence-electron chi connectivity index (χ3n) is 3.99. The van der Waals surface area contributed by atoms with Crippen molar-refractivity contribution in [3.8, 4) is 22.6 Å². The van der Waals surface area contributed by atoms with Gasteiger partial charge in [0.25, 0.3) is 0 Å². The van der Waals surface area contributed by atoms with Crippen LogP contribution in [0.2, 0.25) is 0 Å². The number of ether oxygens (including phenoxy) is 1. The summed E-state index contributed by atoms with van der Waals surface area (Å²) in [6.07, 6.45) is 3.90. The molecule has 0 heterocycles. The van der Waals surface area contributed by atoms with Gasteiger partial charge >= 0.3 is 0 Å². The molecule has 1 N–H and O–H groups in total. The van der Waals surface area contributed by atoms with Crippen LogP contribution in [0, 0.1) is 0 Å². The smallest absolute Gasteiger partial charge is 0.165 e. The molecule has 1 aliphatic carbocycles. The van der Waals surface area contributed by atoms with Crippen molar-refractivity contribution in [2.45, 2.75) is 25.2 Å². The monoisotopic (exact) mass is 254 g/mol. The molecule has 0 unspecified atom stereocenters. The van der Waals surface area contributed by atoms with Gasteiger partial charge in [0.05, 0.1) is 7.11 Å². The topological polar surface area (TPSA) is 29.5 Å². The van der Waals surface area contributed by atoms with Crippen LogP contribution in [0.15, 0.2) is 42.5 Å². The first-order valence-corrected chi connectivity index (χ1v) is 6.76. The second kappa shape index (κ2) is 4.96. The highest BCUT2D eigenvalue weighted by Crippen LogP contribution is 2.40. The molecule has 1 saturated carbocycles. The van der Waals surface area contributed by atoms with Crippen molar-refractivity contribution in [3.05, 3.63) is 48.0 Å². The van der Waals surface area contributed by atoms with Crippen molar-refractivity contribution in [1.82, 2.24) is 0 Å². The molecule has 1 fully saturated rings. The van der Waals surface area contributed by atoms with Crippen molar-refractivity contribution in [2.75, 3.05) is 7.11 Å². The fourth-order valence-corrected chi connectivity index (χ4v) is 2.62. The summed E-state index contributed by atoms with van der Waals surface area (Å²) in [7, 11) is 1.57. The van der Waals surface area contributed by atoms with Gasteiger partial charge in [0.15, 0.2) is 11.5 Å². The van der Waals surface area contributed by atoms with Crippen LogP contribution in [-0.4, -0.2) is 12.2 Å². The van der Waals surface area contributed by atoms with Crippen LogP contribution in [0.25, 0.3) is 11.1 Å². The van der Waals surface area contributed by atoms with Crippen LogP contribution >= 0.6 is 0 Å². The normalized spacial score (nSPS) is 15.0. The summed E-state index contributed by atoms with van der Waals surface area (Å²) < 4.78 is 5.17. The van der Waals surface area contributed by atoms with Crippen LogP contribution < -0.4 is 4.74 Å². The van der Waals surface area contributed by atoms with Gasteiger partial charge in [-0.15, -0.1) is 0 Å². The van der Waals surface area contributed by atoms with Crippen LogP contribution in [0.4, 0.5) is 0 Å². The number of hydrogen-bond acceptors (Lipinski definition) is 2. The number of methoxy groups -OCH3 is 1. The van der Waals surface area contributed by atoms with Gasteiger partial charge < -0.3 is 9.84 Å². The van der Waals surface area contributed by atoms with Gasteiger partial charge in [0.1, 0.15) is 0 Å². The van der Waals surface area contributed by atoms with E-state index in [2.05, 4.69) is 18.2 Å². The van der Waals surface area contributed by atoms with Gasteiger partial charge in [-0.05, 0) is 36.0 Å². The fraction of sp³-hybridized carbons (Fsp3) is 0.294. The molecular formula is C17H18O2. The second-order valence-corrected chi connectivity index (χ2v) is 5.11. The summed E-state index contributed by atoms with van der Waals surface area (Å²) in [5.41, 5.74) is 3.27. The van der Waals surface area contributed by atoms with E-state index in [-0.39, 0.29) is 5.75 Å². The molecule has 2 aromatic carbocycles. The number of benzene rings is 2. The van der Waals surface area contributed by atoms with Gasteiger partial charge in [-0.2, -0.15) is 0 Å². The quantitative estimate of drug-likeness (QED) is 0.883. The molecule has 0 bridgehead atoms. The Labute approximate surface area is 113 Å². The second-order valence-electron chi connectivity index (χ2n) is 5.11. The Morgan fingerprint density at radius 2 is 1.89 bits per heavy atom. The van der Waals surface area contributed by atoms with Gasteiger partial charge in [-0.1, -0.05) is 42.8 Å². The van der Waals surface area contributed by atoms with Crippen LogP contribution in [0.1, 0.15) is 30.7 Å². The third-order valence-corrected chi connectivity index (χ3v) is 3.99. The van der Waals surface area contributed by atoms with E-state index >= 15 is 0 Å². The SMILES string of the molecule is COc1cccc(-c2cccc(C3CCC3)c2)c1O. The van der Waals surface area contributed by atoms with Gasteiger partial charge in [-0.25, -0.2) is 0 Å². The highest BCUT2D eigenvalue weighted by molar-refractivity contribution is 5.73. The summed E-state index contributed by atoms with van der Waals surface area (Å²) in [6.45, 7) is 0. The summed E-state index contributed by atoms with van der Waals surface area (Å²) in [5.74, 6) is 1.44. The van der Waals surface area contributed by atoms with E-state index in [0.29, 0.717) is 11.7 Å². The van der Waals surface area contributed by atoms with Crippen molar-refractivity contribution in [1.29, 1.82) is 0 Å². The summed E-state index contributed by atoms with van der Waals surface area (Å²) in [5, 5.41) is 10.2. The van der Waals surface area contributed by atoms with Crippen molar-refractivity contribution in [3.63, 3.8) is 0 Å². The summed E-state index contributed by atoms with van der Waals surface area (Å²) in [4.78, 5) is 0. The zero-order valence-corrected chi connectivity index (χ0v) is 11.1. The zero-order chi connectivity index (χ0) is 13.2. The van der Waals surface area contributed by atoms with Crippen molar-refractivity contribution in [2.24, 2.45) is 0 Å². The number of phenols is 1. The first-order chi connectivity index (χ1) is 9.29. The molecule has 0 atom stereocenters. The standard InChI is InChI=1S/C17H18O2/c1-19-16-10-4-9-15(17(16)18)14-8-3-7-13(11-14)12-5-2-6-12/h3-4,7-12,18H,2,5-6H2,1H3. The van der Waals surface area contributed by atoms with E-state index in [4.69, 9.17) is 4.74 Å². The molecule has 1 aliphatic rings. The summed E-state index contributed by atoms with van der Waals surface area (Å²) >= 11 is 0. The summed E-state index contributed by atoms with van der Waals surface area (Å²) in [6, 6.07) is 14.1. The molecule has 2 aromatic rings. The minimum Gasteiger partial charge on any atom is -0.504 e. The molecule has 0 spiro atoms. The van der Waals surface area contributed by atoms with Crippen molar-refractivity contribution < 1.29 is 9.84 Å². The minimum atomic E-state index is 0.218. The molecule has 0 saturated heterocycles. The maximum absolute atomic E-state index is 10.2. The highest BCUT2D eigenvalue weighted by atomic mass is 16.5. The van der Waals surface area contributed by atoms with E-state index in [1.807, 2.05) is 18.2 Å². The maximum atomic E-state index is 10.2. The molecule has 2 heteroatoms. The lowest BCUT2D eigenvalue weighted by molar-refractivity contribution is 0.374. The zero-order valence-electron chi connectivity index (χ0n) is 11.1. The lowest BCUT2D eigenvalue weighted by Gasteiger charge is -2.26. The van der Waals surface area contributed by atoms with Crippen molar-refractivity contribution >= 4 is 0 Å². The first kappa shape index (κ1) is 12.1. The van der Waals surface area contributed by atoms with E-state index in [0.717, 1.165) is 11.1 Å². The predicted molar refractivity (Wildman–Crippen MR) is 76.7 cm³/mol. The first-order valence-electron chi connectivity index (χ1n) is 6.76. The van der Waals surface area contributed by atoms with E-state index in [9.17, 15) is 5.11 Å². The predicted octanol–water partition coefficient (Wildman–Crippen LogP) is 4.34. The average Bonchev–Trinajstić information content (AvgIpc) is 2.37. The van der Waals surface area contributed by atoms with Crippen LogP contribution in [0.3, 0.4) is 0 Å². The average molecular weight is 254 g/mol. The van der Waals surface area contributed by atoms with Gasteiger partial charge in [-0.3, -0.25) is 0 Å². The highest BCUT2D eigenvalue weighted by Gasteiger charge is 2.20. The minimum absolute atomic E-state index is 0.218. The number of aromatic hydroxyl groups is 1. The third kappa shape index (κ3) is 2.19. The number of para-hydroxylation sites is 1. The van der Waals surface area contributed by atoms with E-state index < -0.39 is 0 Å². The van der Waals surface area contributed by atoms with Crippen LogP contribution in [0.5, 0.6) is 11.5 Å². The van der Waals surface area contributed by atoms with Gasteiger partial charge in [0, 0.05) is 5.56 Å². The fourth-order valence-electron chi connectivity index (χ4n) is 2.62. The van der Waals surface area contributed by atoms with E-state index in [1.165, 1.54) is 24.8 Å². The molecule has 19 heavy (non-hydrogen) atoms. The maximum Gasteiger partial charge on any atom is 0.165 e. The molecule has 3 rings (SSSR count). The molecule has 0 amide bonds. The number of hydrogen-bond donors (Lipinski definition) is 1. The van der Waals surface area contributed by atoms with Gasteiger partial charge in [0.2, 0.25) is 0 Å². The Balaban J connectivity index is 2.01. The molecule has 0 radical (unpaired) electrons. The molecule has 2 nitrogen and oxygen atoms in total. The Bertz CT molecular complexity index is 586. The Morgan fingerprint density at radius 1 is 1.11 bits per heavy atom. The lowest BCUT2D eigenvalue weighted by atomic mass is 9.79. The van der Waals surface area contributed by atoms with Crippen LogP contribution in [-0.2, 0) is 0 Å². The van der Waals surface area contributed by atoms with E-state index in [1.54, 1.807) is 13.2 Å². The Morgan fingerprint density at radius 3 is 2.58 bits per heavy atom. The Hall–Kier alpha value is -1.96. The molecule has 0 aliphatic heterocycles. The molecule has 98 valence electrons. The lowest BCUT2D eigenvalue weighted by Crippen LogP contribution is -2.08. The Kier molecular flexibility index (Phi) is 3.16. The molecular weight excluding hydrogens is 236 g/mol. The largest absolute Gasteiger partial charge is 0.504 e. The molecule has 0 aromatic heterocycles. The number of rotatable bonds is 3. The number of phenolic OH excluding ortho intramolecular Hbond substituents is 1.